The van der Waals surface area contributed by atoms with Crippen molar-refractivity contribution >= 4 is 37.7 Å². The van der Waals surface area contributed by atoms with Gasteiger partial charge in [0.25, 0.3) is 0 Å². The molecule has 2 aromatic carbocycles. The van der Waals surface area contributed by atoms with E-state index in [0.717, 1.165) is 16.3 Å². The zero-order valence-electron chi connectivity index (χ0n) is 17.5. The summed E-state index contributed by atoms with van der Waals surface area (Å²) in [6, 6.07) is 19.1. The van der Waals surface area contributed by atoms with Gasteiger partial charge in [-0.1, -0.05) is 0 Å². The summed E-state index contributed by atoms with van der Waals surface area (Å²) in [7, 11) is 0. The Labute approximate surface area is 183 Å². The van der Waals surface area contributed by atoms with Gasteiger partial charge in [0.1, 0.15) is 0 Å². The predicted molar refractivity (Wildman–Crippen MR) is 118 cm³/mol. The van der Waals surface area contributed by atoms with Crippen LogP contribution in [0.15, 0.2) is 60.7 Å². The molecule has 2 rings (SSSR count). The molecule has 2 N–H and O–H groups in total. The molecular formula is C23H28N2O4Se. The molecule has 2 amide bonds. The Morgan fingerprint density at radius 3 is 2.20 bits per heavy atom. The number of hydrogen-bond acceptors (Lipinski definition) is 4. The van der Waals surface area contributed by atoms with Crippen LogP contribution in [0.25, 0.3) is 0 Å². The van der Waals surface area contributed by atoms with Crippen LogP contribution >= 0.6 is 0 Å². The molecular weight excluding hydrogens is 447 g/mol. The summed E-state index contributed by atoms with van der Waals surface area (Å²) >= 11 is -0.145. The second-order valence-electron chi connectivity index (χ2n) is 7.75. The number of ether oxygens (including phenoxy) is 1. The van der Waals surface area contributed by atoms with Crippen LogP contribution in [-0.2, 0) is 20.7 Å². The molecule has 0 fully saturated rings. The van der Waals surface area contributed by atoms with Gasteiger partial charge in [-0.15, -0.1) is 0 Å². The molecule has 30 heavy (non-hydrogen) atoms. The molecule has 0 aliphatic carbocycles. The molecule has 0 bridgehead atoms. The Bertz CT molecular complexity index is 822. The van der Waals surface area contributed by atoms with Crippen LogP contribution in [0.1, 0.15) is 26.3 Å². The van der Waals surface area contributed by atoms with Gasteiger partial charge < -0.3 is 0 Å². The van der Waals surface area contributed by atoms with E-state index in [1.807, 2.05) is 60.7 Å². The zero-order chi connectivity index (χ0) is 22.0. The summed E-state index contributed by atoms with van der Waals surface area (Å²) in [5, 5.41) is 5.39. The van der Waals surface area contributed by atoms with E-state index in [1.165, 1.54) is 0 Å². The number of aldehydes is 1. The SMILES string of the molecule is CC(C)(C)OC(=O)NCC(=O)N[C@@H](Cc1ccccc1)[C@H](C=O)[Se]c1ccccc1. The van der Waals surface area contributed by atoms with E-state index in [-0.39, 0.29) is 38.3 Å². The maximum absolute atomic E-state index is 12.5. The second-order valence-corrected chi connectivity index (χ2v) is 10.4. The Morgan fingerprint density at radius 2 is 1.63 bits per heavy atom. The Kier molecular flexibility index (Phi) is 9.09. The number of hydrogen-bond donors (Lipinski definition) is 2. The molecule has 160 valence electrons. The van der Waals surface area contributed by atoms with Crippen molar-refractivity contribution in [2.24, 2.45) is 0 Å². The minimum absolute atomic E-state index is 0.145. The monoisotopic (exact) mass is 476 g/mol. The Morgan fingerprint density at radius 1 is 1.03 bits per heavy atom. The van der Waals surface area contributed by atoms with Gasteiger partial charge in [-0.3, -0.25) is 0 Å². The molecule has 0 heterocycles. The summed E-state index contributed by atoms with van der Waals surface area (Å²) in [4.78, 5) is 35.9. The van der Waals surface area contributed by atoms with Crippen LogP contribution in [0, 0.1) is 0 Å². The topological polar surface area (TPSA) is 84.5 Å². The van der Waals surface area contributed by atoms with Gasteiger partial charge in [0, 0.05) is 0 Å². The van der Waals surface area contributed by atoms with Crippen molar-refractivity contribution in [3.8, 4) is 0 Å². The van der Waals surface area contributed by atoms with Gasteiger partial charge in [0.2, 0.25) is 0 Å². The number of nitrogens with one attached hydrogen (secondary N) is 2. The van der Waals surface area contributed by atoms with Crippen molar-refractivity contribution < 1.29 is 19.1 Å². The van der Waals surface area contributed by atoms with Gasteiger partial charge in [-0.05, 0) is 0 Å². The number of carbonyl (C=O) groups excluding carboxylic acids is 3. The number of amides is 2. The van der Waals surface area contributed by atoms with Crippen LogP contribution < -0.4 is 15.1 Å². The predicted octanol–water partition coefficient (Wildman–Crippen LogP) is 2.26. The van der Waals surface area contributed by atoms with Gasteiger partial charge in [0.15, 0.2) is 0 Å². The molecule has 0 aromatic heterocycles. The molecule has 0 aliphatic heterocycles. The van der Waals surface area contributed by atoms with E-state index in [0.29, 0.717) is 6.42 Å². The fraction of sp³-hybridized carbons (Fsp3) is 0.348. The molecule has 0 unspecified atom stereocenters. The first-order valence-electron chi connectivity index (χ1n) is 9.74. The number of rotatable bonds is 9. The van der Waals surface area contributed by atoms with Crippen LogP contribution in [0.5, 0.6) is 0 Å². The van der Waals surface area contributed by atoms with Crippen LogP contribution in [0.3, 0.4) is 0 Å². The second kappa shape index (κ2) is 11.5. The maximum atomic E-state index is 12.5. The van der Waals surface area contributed by atoms with Crippen LogP contribution in [0.2, 0.25) is 4.82 Å². The summed E-state index contributed by atoms with van der Waals surface area (Å²) in [6.45, 7) is 5.04. The van der Waals surface area contributed by atoms with Crippen LogP contribution in [0.4, 0.5) is 4.79 Å². The van der Waals surface area contributed by atoms with E-state index in [2.05, 4.69) is 10.6 Å². The fourth-order valence-corrected chi connectivity index (χ4v) is 4.83. The molecule has 0 spiro atoms. The summed E-state index contributed by atoms with van der Waals surface area (Å²) in [5.74, 6) is -0.363. The summed E-state index contributed by atoms with van der Waals surface area (Å²) in [6.07, 6.45) is 0.789. The minimum atomic E-state index is -0.655. The number of carbonyl (C=O) groups is 3. The number of alkyl carbamates (subject to hydrolysis) is 1. The van der Waals surface area contributed by atoms with E-state index >= 15 is 0 Å². The van der Waals surface area contributed by atoms with Crippen molar-refractivity contribution in [3.63, 3.8) is 0 Å². The third-order valence-corrected chi connectivity index (χ3v) is 6.62. The van der Waals surface area contributed by atoms with Crippen LogP contribution in [-0.4, -0.2) is 51.4 Å². The Balaban J connectivity index is 2.05. The molecule has 0 radical (unpaired) electrons. The van der Waals surface area contributed by atoms with Gasteiger partial charge in [0.05, 0.1) is 0 Å². The zero-order valence-corrected chi connectivity index (χ0v) is 19.2. The van der Waals surface area contributed by atoms with Crippen molar-refractivity contribution in [1.82, 2.24) is 10.6 Å². The molecule has 0 saturated carbocycles. The quantitative estimate of drug-likeness (QED) is 0.431. The van der Waals surface area contributed by atoms with Gasteiger partial charge in [-0.25, -0.2) is 0 Å². The third-order valence-electron chi connectivity index (χ3n) is 3.98. The standard InChI is InChI=1S/C23H28N2O4Se/c1-23(2,3)29-22(28)24-15-21(27)25-19(14-17-10-6-4-7-11-17)20(16-26)30-18-12-8-5-9-13-18/h4-13,16,19-20H,14-15H2,1-3H3,(H,24,28)(H,25,27)/t19-,20-/m0/s1. The summed E-state index contributed by atoms with van der Waals surface area (Å²) < 4.78 is 6.24. The van der Waals surface area contributed by atoms with Crippen molar-refractivity contribution in [2.75, 3.05) is 6.54 Å². The summed E-state index contributed by atoms with van der Waals surface area (Å²) in [5.41, 5.74) is 0.385. The molecule has 7 heteroatoms. The first-order chi connectivity index (χ1) is 14.3. The van der Waals surface area contributed by atoms with Crippen molar-refractivity contribution in [3.05, 3.63) is 66.2 Å². The molecule has 0 saturated heterocycles. The van der Waals surface area contributed by atoms with Crippen molar-refractivity contribution in [1.29, 1.82) is 0 Å². The average molecular weight is 475 g/mol. The van der Waals surface area contributed by atoms with E-state index in [9.17, 15) is 14.4 Å². The molecule has 0 aliphatic rings. The average Bonchev–Trinajstić information content (AvgIpc) is 2.70. The van der Waals surface area contributed by atoms with Gasteiger partial charge >= 0.3 is 184 Å². The fourth-order valence-electron chi connectivity index (χ4n) is 2.70. The molecule has 2 atom stereocenters. The first-order valence-corrected chi connectivity index (χ1v) is 11.6. The third kappa shape index (κ3) is 8.80. The molecule has 2 aromatic rings. The number of benzene rings is 2. The first kappa shape index (κ1) is 23.6. The van der Waals surface area contributed by atoms with E-state index in [1.54, 1.807) is 20.8 Å². The normalized spacial score (nSPS) is 13.0. The van der Waals surface area contributed by atoms with Crippen molar-refractivity contribution in [2.45, 2.75) is 43.7 Å². The Hall–Kier alpha value is -2.63. The molecule has 6 nitrogen and oxygen atoms in total. The van der Waals surface area contributed by atoms with E-state index in [4.69, 9.17) is 4.74 Å². The van der Waals surface area contributed by atoms with E-state index < -0.39 is 11.7 Å². The van der Waals surface area contributed by atoms with Gasteiger partial charge in [-0.2, -0.15) is 0 Å².